The fraction of sp³-hybridized carbons (Fsp3) is 0.353. The van der Waals surface area contributed by atoms with Crippen LogP contribution in [0.5, 0.6) is 0 Å². The van der Waals surface area contributed by atoms with Crippen LogP contribution in [0.2, 0.25) is 0 Å². The molecule has 3 aliphatic heterocycles. The number of anilines is 2. The molecule has 0 spiro atoms. The van der Waals surface area contributed by atoms with Crippen molar-refractivity contribution in [3.63, 3.8) is 0 Å². The summed E-state index contributed by atoms with van der Waals surface area (Å²) in [5, 5.41) is 4.17. The number of rotatable bonds is 12. The summed E-state index contributed by atoms with van der Waals surface area (Å²) in [5.41, 5.74) is 6.79. The Morgan fingerprint density at radius 1 is 0.591 bits per heavy atom. The second-order valence-corrected chi connectivity index (χ2v) is 21.7. The van der Waals surface area contributed by atoms with Crippen molar-refractivity contribution in [1.29, 1.82) is 0 Å². The van der Waals surface area contributed by atoms with E-state index in [9.17, 15) is 40.3 Å². The van der Waals surface area contributed by atoms with Gasteiger partial charge in [-0.05, 0) is 89.3 Å². The van der Waals surface area contributed by atoms with E-state index in [1.807, 2.05) is 60.7 Å². The van der Waals surface area contributed by atoms with Gasteiger partial charge in [-0.3, -0.25) is 23.9 Å². The average Bonchev–Trinajstić information content (AvgIpc) is 3.83. The molecule has 66 heavy (non-hydrogen) atoms. The first kappa shape index (κ1) is 46.7. The zero-order valence-corrected chi connectivity index (χ0v) is 39.8. The Balaban J connectivity index is 1.26. The maximum Gasteiger partial charge on any atom is 0.333 e. The molecule has 3 heterocycles. The molecule has 1 aliphatic carbocycles. The second kappa shape index (κ2) is 17.4. The fourth-order valence-corrected chi connectivity index (χ4v) is 11.4. The van der Waals surface area contributed by atoms with Gasteiger partial charge >= 0.3 is 6.03 Å². The number of nitrogens with zero attached hydrogens (tertiary/aromatic N) is 4. The summed E-state index contributed by atoms with van der Waals surface area (Å²) in [5.74, 6) is -2.22. The van der Waals surface area contributed by atoms with Gasteiger partial charge in [0.25, 0.3) is 21.9 Å². The normalized spacial score (nSPS) is 21.0. The lowest BCUT2D eigenvalue weighted by atomic mass is 9.82. The van der Waals surface area contributed by atoms with Crippen molar-refractivity contribution in [2.45, 2.75) is 77.0 Å². The topological polar surface area (TPSA) is 176 Å². The molecule has 4 aromatic carbocycles. The Hall–Kier alpha value is -5.87. The van der Waals surface area contributed by atoms with Crippen LogP contribution in [0.4, 0.5) is 16.2 Å². The van der Waals surface area contributed by atoms with E-state index in [2.05, 4.69) is 73.9 Å². The Kier molecular flexibility index (Phi) is 12.3. The van der Waals surface area contributed by atoms with Gasteiger partial charge in [0.05, 0.1) is 27.2 Å². The van der Waals surface area contributed by atoms with Gasteiger partial charge in [-0.1, -0.05) is 113 Å². The van der Waals surface area contributed by atoms with E-state index >= 15 is 0 Å². The van der Waals surface area contributed by atoms with E-state index in [0.717, 1.165) is 76.4 Å². The lowest BCUT2D eigenvalue weighted by Gasteiger charge is -2.30. The first-order valence-electron chi connectivity index (χ1n) is 22.3. The highest BCUT2D eigenvalue weighted by atomic mass is 32.2. The number of carbonyl (C=O) groups excluding carboxylic acids is 3. The van der Waals surface area contributed by atoms with E-state index < -0.39 is 54.7 Å². The number of hydrogen-bond donors (Lipinski definition) is 1. The van der Waals surface area contributed by atoms with Crippen LogP contribution in [0.3, 0.4) is 0 Å². The van der Waals surface area contributed by atoms with Gasteiger partial charge in [0.1, 0.15) is 5.57 Å². The zero-order chi connectivity index (χ0) is 47.5. The Morgan fingerprint density at radius 2 is 1.02 bits per heavy atom. The third-order valence-corrected chi connectivity index (χ3v) is 15.3. The SMILES string of the molecule is CN1C(=O)C(=C2C(=CC=C3N(CCCCS(=O)(=O)[O-])c4c(ccc5ccccc45)C3(C)C)CCC2=CC=C2N(CCCCS(=O)(=O)O)c3c(ccc4ccccc34)C2(C)C)C(=O)N(C)C1=O. The van der Waals surface area contributed by atoms with Gasteiger partial charge in [0.15, 0.2) is 0 Å². The predicted octanol–water partition coefficient (Wildman–Crippen LogP) is 8.64. The number of imide groups is 2. The zero-order valence-electron chi connectivity index (χ0n) is 38.1. The van der Waals surface area contributed by atoms with Crippen LogP contribution in [-0.2, 0) is 40.7 Å². The number of benzene rings is 4. The van der Waals surface area contributed by atoms with Gasteiger partial charge in [0, 0.05) is 65.9 Å². The molecule has 4 amide bonds. The van der Waals surface area contributed by atoms with E-state index in [1.54, 1.807) is 0 Å². The second-order valence-electron chi connectivity index (χ2n) is 18.6. The van der Waals surface area contributed by atoms with Gasteiger partial charge in [0.2, 0.25) is 0 Å². The highest BCUT2D eigenvalue weighted by Gasteiger charge is 2.44. The summed E-state index contributed by atoms with van der Waals surface area (Å²) >= 11 is 0. The molecule has 0 bridgehead atoms. The number of urea groups is 1. The van der Waals surface area contributed by atoms with Crippen molar-refractivity contribution < 1.29 is 40.3 Å². The third-order valence-electron chi connectivity index (χ3n) is 13.7. The van der Waals surface area contributed by atoms with Crippen molar-refractivity contribution in [2.24, 2.45) is 0 Å². The smallest absolute Gasteiger partial charge is 0.333 e. The molecule has 1 saturated heterocycles. The summed E-state index contributed by atoms with van der Waals surface area (Å²) in [6.45, 7) is 9.43. The highest BCUT2D eigenvalue weighted by Crippen LogP contribution is 2.53. The molecule has 1 saturated carbocycles. The minimum absolute atomic E-state index is 0.107. The lowest BCUT2D eigenvalue weighted by molar-refractivity contribution is -0.134. The van der Waals surface area contributed by atoms with Crippen LogP contribution in [0.1, 0.15) is 77.3 Å². The Bertz CT molecular complexity index is 2900. The summed E-state index contributed by atoms with van der Waals surface area (Å²) in [6.07, 6.45) is 10.3. The van der Waals surface area contributed by atoms with Crippen molar-refractivity contribution in [3.8, 4) is 0 Å². The number of barbiturate groups is 1. The summed E-state index contributed by atoms with van der Waals surface area (Å²) < 4.78 is 67.5. The lowest BCUT2D eigenvalue weighted by Crippen LogP contribution is -2.53. The van der Waals surface area contributed by atoms with Crippen LogP contribution < -0.4 is 9.80 Å². The molecule has 0 unspecified atom stereocenters. The van der Waals surface area contributed by atoms with E-state index in [4.69, 9.17) is 0 Å². The van der Waals surface area contributed by atoms with E-state index in [1.165, 1.54) is 14.1 Å². The molecular weight excluding hydrogens is 877 g/mol. The Labute approximate surface area is 386 Å². The number of allylic oxidation sites excluding steroid dienone is 9. The first-order chi connectivity index (χ1) is 31.1. The van der Waals surface area contributed by atoms with Crippen molar-refractivity contribution >= 4 is 71.0 Å². The third kappa shape index (κ3) is 8.53. The summed E-state index contributed by atoms with van der Waals surface area (Å²) in [4.78, 5) is 47.7. The fourth-order valence-electron chi connectivity index (χ4n) is 10.2. The van der Waals surface area contributed by atoms with Gasteiger partial charge in [-0.2, -0.15) is 8.42 Å². The summed E-state index contributed by atoms with van der Waals surface area (Å²) in [6, 6.07) is 23.9. The van der Waals surface area contributed by atoms with Gasteiger partial charge in [-0.15, -0.1) is 0 Å². The standard InChI is InChI=1S/C51H56N4O9S2/c1-50(2)39-25-21-33-15-7-9-17-37(33)45(39)54(29-11-13-31-65(59,60)61)41(50)27-23-35-19-20-36(43(35)44-47(56)52(5)49(58)53(6)48(44)57)24-28-42-51(3,4)40-26-22-34-16-8-10-18-38(34)46(40)55(42)30-12-14-32-66(62,63)64/h7-10,15-18,21-28H,11-14,19-20,29-32H2,1-6H3,(H,59,60,61)(H,62,63,64)/p-1. The molecule has 1 N–H and O–H groups in total. The number of hydrogen-bond acceptors (Lipinski definition) is 10. The largest absolute Gasteiger partial charge is 0.748 e. The molecular formula is C51H55N4O9S2-. The van der Waals surface area contributed by atoms with Gasteiger partial charge in [-0.25, -0.2) is 13.2 Å². The molecule has 15 heteroatoms. The highest BCUT2D eigenvalue weighted by molar-refractivity contribution is 7.85. The molecule has 0 aromatic heterocycles. The quantitative estimate of drug-likeness (QED) is 0.0623. The van der Waals surface area contributed by atoms with Crippen LogP contribution in [-0.4, -0.2) is 92.3 Å². The van der Waals surface area contributed by atoms with Gasteiger partial charge < -0.3 is 14.4 Å². The van der Waals surface area contributed by atoms with Crippen LogP contribution in [0.25, 0.3) is 21.5 Å². The number of fused-ring (bicyclic) bond motifs is 6. The minimum atomic E-state index is -4.39. The van der Waals surface area contributed by atoms with Crippen molar-refractivity contribution in [3.05, 3.63) is 142 Å². The number of likely N-dealkylation sites (N-methyl/N-ethyl adjacent to an activating group) is 2. The van der Waals surface area contributed by atoms with Crippen LogP contribution >= 0.6 is 0 Å². The average molecular weight is 932 g/mol. The Morgan fingerprint density at radius 3 is 1.44 bits per heavy atom. The molecule has 0 radical (unpaired) electrons. The maximum atomic E-state index is 14.2. The molecule has 13 nitrogen and oxygen atoms in total. The first-order valence-corrected chi connectivity index (χ1v) is 25.5. The molecule has 8 rings (SSSR count). The van der Waals surface area contributed by atoms with E-state index in [-0.39, 0.29) is 24.2 Å². The molecule has 4 aromatic rings. The summed E-state index contributed by atoms with van der Waals surface area (Å²) in [7, 11) is -5.81. The molecule has 2 fully saturated rings. The van der Waals surface area contributed by atoms with Crippen LogP contribution in [0.15, 0.2) is 131 Å². The van der Waals surface area contributed by atoms with E-state index in [0.29, 0.717) is 44.3 Å². The molecule has 4 aliphatic rings. The maximum absolute atomic E-state index is 14.2. The van der Waals surface area contributed by atoms with Crippen molar-refractivity contribution in [2.75, 3.05) is 48.5 Å². The monoisotopic (exact) mass is 931 g/mol. The number of amides is 4. The number of unbranched alkanes of at least 4 members (excludes halogenated alkanes) is 2. The molecule has 0 atom stereocenters. The van der Waals surface area contributed by atoms with Crippen molar-refractivity contribution in [1.82, 2.24) is 9.80 Å². The van der Waals surface area contributed by atoms with Crippen LogP contribution in [0, 0.1) is 0 Å². The molecule has 346 valence electrons. The number of carbonyl (C=O) groups is 3. The minimum Gasteiger partial charge on any atom is -0.748 e. The predicted molar refractivity (Wildman–Crippen MR) is 258 cm³/mol.